The smallest absolute Gasteiger partial charge is 0.255 e. The third-order valence-corrected chi connectivity index (χ3v) is 4.14. The zero-order valence-corrected chi connectivity index (χ0v) is 12.4. The van der Waals surface area contributed by atoms with Crippen molar-refractivity contribution >= 4 is 40.4 Å². The molecule has 0 aliphatic rings. The minimum absolute atomic E-state index is 0.181. The quantitative estimate of drug-likeness (QED) is 0.892. The number of phenolic OH excluding ortho intramolecular Hbond substituents is 1. The summed E-state index contributed by atoms with van der Waals surface area (Å²) in [7, 11) is 0. The summed E-state index contributed by atoms with van der Waals surface area (Å²) in [6.07, 6.45) is 0.604. The standard InChI is InChI=1S/C13H10Cl2FNO2S/c14-10-6-7(16)5-9(12(10)18)13(19)17-4-3-8-1-2-11(15)20-8/h1-2,5-6,18H,3-4H2,(H,17,19). The summed E-state index contributed by atoms with van der Waals surface area (Å²) in [5.41, 5.74) is -0.181. The SMILES string of the molecule is O=C(NCCc1ccc(Cl)s1)c1cc(F)cc(Cl)c1O. The van der Waals surface area contributed by atoms with E-state index in [1.807, 2.05) is 6.07 Å². The number of carbonyl (C=O) groups is 1. The molecule has 0 saturated heterocycles. The van der Waals surface area contributed by atoms with E-state index in [0.717, 1.165) is 17.0 Å². The molecule has 1 amide bonds. The van der Waals surface area contributed by atoms with E-state index in [-0.39, 0.29) is 10.6 Å². The predicted octanol–water partition coefficient (Wildman–Crippen LogP) is 3.87. The lowest BCUT2D eigenvalue weighted by Gasteiger charge is -2.07. The van der Waals surface area contributed by atoms with Crippen LogP contribution < -0.4 is 5.32 Å². The van der Waals surface area contributed by atoms with E-state index in [1.165, 1.54) is 11.3 Å². The number of carbonyl (C=O) groups excluding carboxylic acids is 1. The second-order valence-corrected chi connectivity index (χ2v) is 6.20. The molecule has 2 N–H and O–H groups in total. The fourth-order valence-electron chi connectivity index (χ4n) is 1.62. The van der Waals surface area contributed by atoms with Gasteiger partial charge in [0.05, 0.1) is 14.9 Å². The summed E-state index contributed by atoms with van der Waals surface area (Å²) < 4.78 is 13.9. The first-order valence-electron chi connectivity index (χ1n) is 5.68. The second-order valence-electron chi connectivity index (χ2n) is 4.00. The highest BCUT2D eigenvalue weighted by Crippen LogP contribution is 2.28. The van der Waals surface area contributed by atoms with Crippen molar-refractivity contribution in [2.75, 3.05) is 6.54 Å². The molecule has 0 unspecified atom stereocenters. The van der Waals surface area contributed by atoms with Crippen LogP contribution in [0, 0.1) is 5.82 Å². The van der Waals surface area contributed by atoms with Crippen LogP contribution in [-0.4, -0.2) is 17.6 Å². The minimum atomic E-state index is -0.678. The molecule has 1 aromatic carbocycles. The molecular weight excluding hydrogens is 324 g/mol. The third-order valence-electron chi connectivity index (χ3n) is 2.56. The molecule has 0 spiro atoms. The van der Waals surface area contributed by atoms with Crippen LogP contribution in [0.25, 0.3) is 0 Å². The molecule has 0 fully saturated rings. The molecule has 0 aliphatic carbocycles. The van der Waals surface area contributed by atoms with Crippen LogP contribution in [0.5, 0.6) is 5.75 Å². The minimum Gasteiger partial charge on any atom is -0.506 e. The van der Waals surface area contributed by atoms with Crippen LogP contribution >= 0.6 is 34.5 Å². The van der Waals surface area contributed by atoms with Crippen molar-refractivity contribution in [1.29, 1.82) is 0 Å². The van der Waals surface area contributed by atoms with E-state index in [1.54, 1.807) is 6.07 Å². The Morgan fingerprint density at radius 3 is 2.75 bits per heavy atom. The Hall–Kier alpha value is -1.30. The molecule has 0 radical (unpaired) electrons. The van der Waals surface area contributed by atoms with Gasteiger partial charge >= 0.3 is 0 Å². The van der Waals surface area contributed by atoms with Gasteiger partial charge in [0.25, 0.3) is 5.91 Å². The highest BCUT2D eigenvalue weighted by atomic mass is 35.5. The van der Waals surface area contributed by atoms with Crippen molar-refractivity contribution in [2.24, 2.45) is 0 Å². The van der Waals surface area contributed by atoms with Gasteiger partial charge in [-0.05, 0) is 30.7 Å². The van der Waals surface area contributed by atoms with Crippen LogP contribution in [0.1, 0.15) is 15.2 Å². The van der Waals surface area contributed by atoms with E-state index in [0.29, 0.717) is 17.3 Å². The van der Waals surface area contributed by atoms with Gasteiger partial charge in [-0.2, -0.15) is 0 Å². The van der Waals surface area contributed by atoms with Gasteiger partial charge in [0.1, 0.15) is 11.6 Å². The monoisotopic (exact) mass is 333 g/mol. The maximum Gasteiger partial charge on any atom is 0.255 e. The van der Waals surface area contributed by atoms with Gasteiger partial charge in [-0.15, -0.1) is 11.3 Å². The largest absolute Gasteiger partial charge is 0.506 e. The number of thiophene rings is 1. The lowest BCUT2D eigenvalue weighted by Crippen LogP contribution is -2.25. The number of nitrogens with one attached hydrogen (secondary N) is 1. The first kappa shape index (κ1) is 15.1. The Balaban J connectivity index is 1.98. The van der Waals surface area contributed by atoms with Crippen molar-refractivity contribution in [2.45, 2.75) is 6.42 Å². The summed E-state index contributed by atoms with van der Waals surface area (Å²) in [6, 6.07) is 5.54. The van der Waals surface area contributed by atoms with Gasteiger partial charge in [0, 0.05) is 11.4 Å². The maximum absolute atomic E-state index is 13.2. The van der Waals surface area contributed by atoms with E-state index in [2.05, 4.69) is 5.32 Å². The molecule has 1 aromatic heterocycles. The number of benzene rings is 1. The van der Waals surface area contributed by atoms with Crippen molar-refractivity contribution in [3.8, 4) is 5.75 Å². The molecule has 2 aromatic rings. The van der Waals surface area contributed by atoms with Gasteiger partial charge in [0.2, 0.25) is 0 Å². The Bertz CT molecular complexity index is 645. The fraction of sp³-hybridized carbons (Fsp3) is 0.154. The molecule has 106 valence electrons. The maximum atomic E-state index is 13.2. The number of rotatable bonds is 4. The molecule has 0 saturated carbocycles. The molecule has 2 rings (SSSR count). The summed E-state index contributed by atoms with van der Waals surface area (Å²) in [4.78, 5) is 12.9. The number of hydrogen-bond acceptors (Lipinski definition) is 3. The number of aromatic hydroxyl groups is 1. The van der Waals surface area contributed by atoms with Crippen molar-refractivity contribution in [1.82, 2.24) is 5.32 Å². The van der Waals surface area contributed by atoms with Gasteiger partial charge in [0.15, 0.2) is 0 Å². The van der Waals surface area contributed by atoms with Crippen LogP contribution in [0.2, 0.25) is 9.36 Å². The second kappa shape index (κ2) is 6.43. The summed E-state index contributed by atoms with van der Waals surface area (Å²) in [5, 5.41) is 12.0. The van der Waals surface area contributed by atoms with Crippen LogP contribution in [-0.2, 0) is 6.42 Å². The zero-order valence-electron chi connectivity index (χ0n) is 10.1. The number of phenols is 1. The molecule has 0 aliphatic heterocycles. The molecular formula is C13H10Cl2FNO2S. The first-order valence-corrected chi connectivity index (χ1v) is 7.25. The summed E-state index contributed by atoms with van der Waals surface area (Å²) >= 11 is 12.8. The van der Waals surface area contributed by atoms with Crippen LogP contribution in [0.3, 0.4) is 0 Å². The Morgan fingerprint density at radius 2 is 2.10 bits per heavy atom. The number of hydrogen-bond donors (Lipinski definition) is 2. The highest BCUT2D eigenvalue weighted by Gasteiger charge is 2.15. The van der Waals surface area contributed by atoms with Gasteiger partial charge in [-0.25, -0.2) is 4.39 Å². The molecule has 1 heterocycles. The highest BCUT2D eigenvalue weighted by molar-refractivity contribution is 7.16. The third kappa shape index (κ3) is 3.62. The molecule has 3 nitrogen and oxygen atoms in total. The van der Waals surface area contributed by atoms with Crippen molar-refractivity contribution in [3.05, 3.63) is 49.9 Å². The predicted molar refractivity (Wildman–Crippen MR) is 78.4 cm³/mol. The van der Waals surface area contributed by atoms with E-state index >= 15 is 0 Å². The Kier molecular flexibility index (Phi) is 4.86. The lowest BCUT2D eigenvalue weighted by atomic mass is 10.2. The topological polar surface area (TPSA) is 49.3 Å². The van der Waals surface area contributed by atoms with E-state index in [4.69, 9.17) is 23.2 Å². The summed E-state index contributed by atoms with van der Waals surface area (Å²) in [6.45, 7) is 0.350. The number of halogens is 3. The van der Waals surface area contributed by atoms with Crippen LogP contribution in [0.4, 0.5) is 4.39 Å². The first-order chi connectivity index (χ1) is 9.47. The molecule has 0 atom stereocenters. The van der Waals surface area contributed by atoms with Gasteiger partial charge < -0.3 is 10.4 Å². The molecule has 7 heteroatoms. The van der Waals surface area contributed by atoms with E-state index < -0.39 is 17.5 Å². The fourth-order valence-corrected chi connectivity index (χ4v) is 2.91. The lowest BCUT2D eigenvalue weighted by molar-refractivity contribution is 0.0951. The van der Waals surface area contributed by atoms with Gasteiger partial charge in [-0.1, -0.05) is 23.2 Å². The Labute approximate surface area is 129 Å². The van der Waals surface area contributed by atoms with E-state index in [9.17, 15) is 14.3 Å². The zero-order chi connectivity index (χ0) is 14.7. The Morgan fingerprint density at radius 1 is 1.35 bits per heavy atom. The van der Waals surface area contributed by atoms with Crippen molar-refractivity contribution < 1.29 is 14.3 Å². The summed E-state index contributed by atoms with van der Waals surface area (Å²) in [5.74, 6) is -1.68. The van der Waals surface area contributed by atoms with Crippen LogP contribution in [0.15, 0.2) is 24.3 Å². The number of amides is 1. The molecule has 20 heavy (non-hydrogen) atoms. The average molecular weight is 334 g/mol. The van der Waals surface area contributed by atoms with Gasteiger partial charge in [-0.3, -0.25) is 4.79 Å². The normalized spacial score (nSPS) is 10.6. The average Bonchev–Trinajstić information content (AvgIpc) is 2.79. The van der Waals surface area contributed by atoms with Crippen molar-refractivity contribution in [3.63, 3.8) is 0 Å². The molecule has 0 bridgehead atoms.